The molecule has 4 rings (SSSR count). The zero-order valence-electron chi connectivity index (χ0n) is 14.1. The number of nitrogens with one attached hydrogen (secondary N) is 1. The van der Waals surface area contributed by atoms with Crippen LogP contribution in [0.3, 0.4) is 0 Å². The van der Waals surface area contributed by atoms with Crippen molar-refractivity contribution in [2.24, 2.45) is 0 Å². The minimum absolute atomic E-state index is 0.500. The number of aromatic nitrogens is 2. The molecule has 3 aromatic rings. The Morgan fingerprint density at radius 3 is 2.92 bits per heavy atom. The average molecular weight is 358 g/mol. The summed E-state index contributed by atoms with van der Waals surface area (Å²) in [5.74, 6) is 2.47. The van der Waals surface area contributed by atoms with Crippen molar-refractivity contribution in [1.29, 1.82) is 0 Å². The van der Waals surface area contributed by atoms with Gasteiger partial charge in [0.25, 0.3) is 0 Å². The van der Waals surface area contributed by atoms with Gasteiger partial charge in [0.1, 0.15) is 5.76 Å². The zero-order valence-corrected chi connectivity index (χ0v) is 14.9. The third-order valence-electron chi connectivity index (χ3n) is 4.51. The summed E-state index contributed by atoms with van der Waals surface area (Å²) in [7, 11) is 0. The Hall–Kier alpha value is -1.96. The molecule has 1 fully saturated rings. The Balaban J connectivity index is 1.20. The highest BCUT2D eigenvalue weighted by atomic mass is 32.1. The van der Waals surface area contributed by atoms with Crippen molar-refractivity contribution in [2.45, 2.75) is 38.4 Å². The van der Waals surface area contributed by atoms with Crippen LogP contribution in [0.5, 0.6) is 0 Å². The molecule has 0 amide bonds. The summed E-state index contributed by atoms with van der Waals surface area (Å²) < 4.78 is 10.8. The molecule has 0 unspecified atom stereocenters. The Morgan fingerprint density at radius 2 is 2.16 bits per heavy atom. The molecular formula is C18H22N4O2S. The molecule has 1 aliphatic heterocycles. The first-order valence-corrected chi connectivity index (χ1v) is 9.55. The van der Waals surface area contributed by atoms with Gasteiger partial charge >= 0.3 is 0 Å². The van der Waals surface area contributed by atoms with Gasteiger partial charge in [-0.3, -0.25) is 4.90 Å². The third-order valence-corrected chi connectivity index (χ3v) is 5.39. The fraction of sp³-hybridized carbons (Fsp3) is 0.444. The molecule has 25 heavy (non-hydrogen) atoms. The molecule has 0 radical (unpaired) electrons. The standard InChI is InChI=1S/C18H22N4O2S/c1-3-15(23-9-1)13-22-7-5-14(6-8-22)19-12-18-20-17(21-24-18)11-16-4-2-10-25-16/h1-4,9-10,14,19H,5-8,11-13H2. The Kier molecular flexibility index (Phi) is 5.25. The summed E-state index contributed by atoms with van der Waals surface area (Å²) in [6.45, 7) is 3.69. The van der Waals surface area contributed by atoms with Crippen LogP contribution in [0.2, 0.25) is 0 Å². The number of nitrogens with zero attached hydrogens (tertiary/aromatic N) is 3. The maximum Gasteiger partial charge on any atom is 0.240 e. The maximum absolute atomic E-state index is 5.42. The van der Waals surface area contributed by atoms with Crippen molar-refractivity contribution in [3.05, 3.63) is 58.3 Å². The number of hydrogen-bond donors (Lipinski definition) is 1. The van der Waals surface area contributed by atoms with E-state index in [0.29, 0.717) is 18.5 Å². The van der Waals surface area contributed by atoms with E-state index in [-0.39, 0.29) is 0 Å². The van der Waals surface area contributed by atoms with Crippen LogP contribution in [0.15, 0.2) is 44.8 Å². The lowest BCUT2D eigenvalue weighted by molar-refractivity contribution is 0.176. The second kappa shape index (κ2) is 7.95. The molecule has 0 bridgehead atoms. The number of furan rings is 1. The van der Waals surface area contributed by atoms with E-state index in [0.717, 1.165) is 50.5 Å². The number of thiophene rings is 1. The summed E-state index contributed by atoms with van der Waals surface area (Å²) in [5, 5.41) is 9.68. The fourth-order valence-corrected chi connectivity index (χ4v) is 3.85. The smallest absolute Gasteiger partial charge is 0.240 e. The highest BCUT2D eigenvalue weighted by Crippen LogP contribution is 2.15. The fourth-order valence-electron chi connectivity index (χ4n) is 3.15. The molecule has 4 heterocycles. The van der Waals surface area contributed by atoms with Gasteiger partial charge in [0.2, 0.25) is 5.89 Å². The minimum Gasteiger partial charge on any atom is -0.468 e. The SMILES string of the molecule is c1coc(CN2CCC(NCc3nc(Cc4cccs4)no3)CC2)c1. The molecular weight excluding hydrogens is 336 g/mol. The Morgan fingerprint density at radius 1 is 1.24 bits per heavy atom. The largest absolute Gasteiger partial charge is 0.468 e. The first-order valence-electron chi connectivity index (χ1n) is 8.67. The predicted octanol–water partition coefficient (Wildman–Crippen LogP) is 3.07. The first-order chi connectivity index (χ1) is 12.3. The lowest BCUT2D eigenvalue weighted by Gasteiger charge is -2.31. The monoisotopic (exact) mass is 358 g/mol. The van der Waals surface area contributed by atoms with Crippen LogP contribution in [-0.2, 0) is 19.5 Å². The van der Waals surface area contributed by atoms with Crippen LogP contribution in [0.1, 0.15) is 35.2 Å². The second-order valence-corrected chi connectivity index (χ2v) is 7.40. The van der Waals surface area contributed by atoms with Gasteiger partial charge in [0.05, 0.1) is 19.4 Å². The van der Waals surface area contributed by atoms with Gasteiger partial charge in [-0.2, -0.15) is 4.98 Å². The molecule has 0 aliphatic carbocycles. The maximum atomic E-state index is 5.42. The summed E-state index contributed by atoms with van der Waals surface area (Å²) in [4.78, 5) is 8.17. The lowest BCUT2D eigenvalue weighted by atomic mass is 10.0. The van der Waals surface area contributed by atoms with Crippen molar-refractivity contribution in [1.82, 2.24) is 20.4 Å². The third kappa shape index (κ3) is 4.56. The van der Waals surface area contributed by atoms with E-state index in [4.69, 9.17) is 8.94 Å². The van der Waals surface area contributed by atoms with E-state index in [2.05, 4.69) is 31.8 Å². The zero-order chi connectivity index (χ0) is 16.9. The highest BCUT2D eigenvalue weighted by Gasteiger charge is 2.20. The molecule has 3 aromatic heterocycles. The normalized spacial score (nSPS) is 16.5. The van der Waals surface area contributed by atoms with Crippen molar-refractivity contribution in [3.63, 3.8) is 0 Å². The molecule has 6 nitrogen and oxygen atoms in total. The van der Waals surface area contributed by atoms with E-state index in [1.54, 1.807) is 17.6 Å². The average Bonchev–Trinajstić information content (AvgIpc) is 3.38. The molecule has 0 atom stereocenters. The molecule has 0 saturated carbocycles. The summed E-state index contributed by atoms with van der Waals surface area (Å²) in [6, 6.07) is 8.62. The van der Waals surface area contributed by atoms with Crippen LogP contribution in [0.4, 0.5) is 0 Å². The minimum atomic E-state index is 0.500. The van der Waals surface area contributed by atoms with E-state index in [9.17, 15) is 0 Å². The number of piperidine rings is 1. The van der Waals surface area contributed by atoms with Crippen molar-refractivity contribution >= 4 is 11.3 Å². The Labute approximate surface area is 150 Å². The topological polar surface area (TPSA) is 67.3 Å². The van der Waals surface area contributed by atoms with Gasteiger partial charge < -0.3 is 14.3 Å². The molecule has 132 valence electrons. The van der Waals surface area contributed by atoms with E-state index < -0.39 is 0 Å². The quantitative estimate of drug-likeness (QED) is 0.700. The van der Waals surface area contributed by atoms with Gasteiger partial charge in [-0.05, 0) is 36.4 Å². The molecule has 7 heteroatoms. The van der Waals surface area contributed by atoms with Crippen LogP contribution in [0.25, 0.3) is 0 Å². The van der Waals surface area contributed by atoms with Crippen molar-refractivity contribution < 1.29 is 8.94 Å². The highest BCUT2D eigenvalue weighted by molar-refractivity contribution is 7.09. The van der Waals surface area contributed by atoms with E-state index in [1.807, 2.05) is 18.2 Å². The first kappa shape index (κ1) is 16.5. The molecule has 1 N–H and O–H groups in total. The predicted molar refractivity (Wildman–Crippen MR) is 95.3 cm³/mol. The summed E-state index contributed by atoms with van der Waals surface area (Å²) in [6.07, 6.45) is 4.72. The summed E-state index contributed by atoms with van der Waals surface area (Å²) in [5.41, 5.74) is 0. The molecule has 0 spiro atoms. The molecule has 1 aliphatic rings. The van der Waals surface area contributed by atoms with Gasteiger partial charge in [-0.15, -0.1) is 11.3 Å². The van der Waals surface area contributed by atoms with Gasteiger partial charge in [-0.1, -0.05) is 11.2 Å². The lowest BCUT2D eigenvalue weighted by Crippen LogP contribution is -2.41. The van der Waals surface area contributed by atoms with Gasteiger partial charge in [-0.25, -0.2) is 0 Å². The summed E-state index contributed by atoms with van der Waals surface area (Å²) >= 11 is 1.72. The van der Waals surface area contributed by atoms with Crippen LogP contribution in [-0.4, -0.2) is 34.2 Å². The van der Waals surface area contributed by atoms with Crippen molar-refractivity contribution in [2.75, 3.05) is 13.1 Å². The molecule has 0 aromatic carbocycles. The Bertz CT molecular complexity index is 746. The number of hydrogen-bond acceptors (Lipinski definition) is 7. The van der Waals surface area contributed by atoms with Crippen molar-refractivity contribution in [3.8, 4) is 0 Å². The number of likely N-dealkylation sites (tertiary alicyclic amines) is 1. The van der Waals surface area contributed by atoms with Gasteiger partial charge in [0, 0.05) is 30.4 Å². The molecule has 1 saturated heterocycles. The second-order valence-electron chi connectivity index (χ2n) is 6.37. The van der Waals surface area contributed by atoms with E-state index in [1.165, 1.54) is 4.88 Å². The number of rotatable bonds is 7. The van der Waals surface area contributed by atoms with E-state index >= 15 is 0 Å². The van der Waals surface area contributed by atoms with Gasteiger partial charge in [0.15, 0.2) is 5.82 Å². The van der Waals surface area contributed by atoms with Crippen LogP contribution in [0, 0.1) is 0 Å². The van der Waals surface area contributed by atoms with Crippen LogP contribution >= 0.6 is 11.3 Å². The van der Waals surface area contributed by atoms with Crippen LogP contribution < -0.4 is 5.32 Å².